The number of rotatable bonds is 3. The quantitative estimate of drug-likeness (QED) is 0.897. The van der Waals surface area contributed by atoms with Gasteiger partial charge < -0.3 is 14.7 Å². The van der Waals surface area contributed by atoms with Crippen LogP contribution in [0.15, 0.2) is 36.5 Å². The number of aromatic nitrogens is 2. The van der Waals surface area contributed by atoms with Gasteiger partial charge in [0.15, 0.2) is 0 Å². The minimum atomic E-state index is -0.916. The maximum absolute atomic E-state index is 12.2. The van der Waals surface area contributed by atoms with Crippen LogP contribution in [0.3, 0.4) is 0 Å². The summed E-state index contributed by atoms with van der Waals surface area (Å²) in [6, 6.07) is 9.56. The third-order valence-corrected chi connectivity index (χ3v) is 5.27. The van der Waals surface area contributed by atoms with Crippen LogP contribution in [0.2, 0.25) is 0 Å². The van der Waals surface area contributed by atoms with E-state index in [0.717, 1.165) is 16.8 Å². The van der Waals surface area contributed by atoms with Gasteiger partial charge in [-0.3, -0.25) is 9.58 Å². The van der Waals surface area contributed by atoms with Gasteiger partial charge in [-0.15, -0.1) is 0 Å². The van der Waals surface area contributed by atoms with Gasteiger partial charge in [0.05, 0.1) is 24.5 Å². The summed E-state index contributed by atoms with van der Waals surface area (Å²) in [4.78, 5) is 26.7. The smallest absolute Gasteiger partial charge is 0.410 e. The summed E-state index contributed by atoms with van der Waals surface area (Å²) in [6.45, 7) is 3.53. The highest BCUT2D eigenvalue weighted by molar-refractivity contribution is 5.69. The number of amides is 2. The van der Waals surface area contributed by atoms with E-state index in [9.17, 15) is 14.7 Å². The van der Waals surface area contributed by atoms with E-state index >= 15 is 0 Å². The molecular formula is C19H22N4O4. The lowest BCUT2D eigenvalue weighted by Gasteiger charge is -2.40. The Bertz CT molecular complexity index is 845. The summed E-state index contributed by atoms with van der Waals surface area (Å²) in [5.74, 6) is 0. The van der Waals surface area contributed by atoms with Gasteiger partial charge in [0.25, 0.3) is 0 Å². The summed E-state index contributed by atoms with van der Waals surface area (Å²) in [6.07, 6.45) is 1.23. The minimum absolute atomic E-state index is 0.0569. The van der Waals surface area contributed by atoms with Crippen molar-refractivity contribution in [2.24, 2.45) is 0 Å². The monoisotopic (exact) mass is 370 g/mol. The van der Waals surface area contributed by atoms with E-state index in [1.807, 2.05) is 48.1 Å². The molecule has 0 unspecified atom stereocenters. The van der Waals surface area contributed by atoms with Gasteiger partial charge in [0.1, 0.15) is 6.61 Å². The van der Waals surface area contributed by atoms with Gasteiger partial charge in [-0.05, 0) is 24.5 Å². The van der Waals surface area contributed by atoms with E-state index in [1.54, 1.807) is 4.90 Å². The van der Waals surface area contributed by atoms with Crippen molar-refractivity contribution in [1.29, 1.82) is 0 Å². The molecule has 0 aliphatic carbocycles. The Balaban J connectivity index is 1.35. The van der Waals surface area contributed by atoms with Crippen LogP contribution in [-0.2, 0) is 24.3 Å². The first-order chi connectivity index (χ1) is 13.0. The van der Waals surface area contributed by atoms with Crippen LogP contribution in [0.5, 0.6) is 0 Å². The molecule has 2 aromatic rings. The Kier molecular flexibility index (Phi) is 4.47. The fourth-order valence-electron chi connectivity index (χ4n) is 3.65. The highest BCUT2D eigenvalue weighted by atomic mass is 16.6. The van der Waals surface area contributed by atoms with Crippen LogP contribution in [0, 0.1) is 0 Å². The number of hydrogen-bond acceptors (Lipinski definition) is 4. The molecule has 1 aromatic carbocycles. The number of likely N-dealkylation sites (tertiary alicyclic amines) is 1. The topological polar surface area (TPSA) is 87.9 Å². The molecule has 4 rings (SSSR count). The zero-order chi connectivity index (χ0) is 19.0. The molecule has 8 nitrogen and oxygen atoms in total. The van der Waals surface area contributed by atoms with Crippen molar-refractivity contribution in [3.8, 4) is 0 Å². The first-order valence-electron chi connectivity index (χ1n) is 9.03. The van der Waals surface area contributed by atoms with Gasteiger partial charge in [-0.25, -0.2) is 9.59 Å². The Morgan fingerprint density at radius 3 is 2.70 bits per heavy atom. The molecule has 142 valence electrons. The molecule has 1 fully saturated rings. The van der Waals surface area contributed by atoms with Crippen molar-refractivity contribution in [2.45, 2.75) is 38.6 Å². The molecule has 1 saturated heterocycles. The van der Waals surface area contributed by atoms with Gasteiger partial charge in [0.2, 0.25) is 0 Å². The zero-order valence-corrected chi connectivity index (χ0v) is 15.1. The lowest BCUT2D eigenvalue weighted by molar-refractivity contribution is 0.0476. The summed E-state index contributed by atoms with van der Waals surface area (Å²) in [7, 11) is 0. The van der Waals surface area contributed by atoms with Crippen molar-refractivity contribution in [2.75, 3.05) is 13.1 Å². The minimum Gasteiger partial charge on any atom is -0.465 e. The maximum atomic E-state index is 12.2. The molecule has 27 heavy (non-hydrogen) atoms. The number of benzene rings is 1. The Morgan fingerprint density at radius 1 is 1.26 bits per heavy atom. The van der Waals surface area contributed by atoms with Crippen LogP contribution >= 0.6 is 0 Å². The molecular weight excluding hydrogens is 348 g/mol. The second-order valence-corrected chi connectivity index (χ2v) is 7.12. The number of ether oxygens (including phenoxy) is 1. The van der Waals surface area contributed by atoms with Crippen LogP contribution in [0.4, 0.5) is 9.59 Å². The normalized spacial score (nSPS) is 19.4. The maximum Gasteiger partial charge on any atom is 0.410 e. The van der Waals surface area contributed by atoms with E-state index in [2.05, 4.69) is 5.10 Å². The van der Waals surface area contributed by atoms with E-state index < -0.39 is 6.09 Å². The van der Waals surface area contributed by atoms with Crippen molar-refractivity contribution in [1.82, 2.24) is 19.6 Å². The summed E-state index contributed by atoms with van der Waals surface area (Å²) in [5.41, 5.74) is 2.97. The fourth-order valence-corrected chi connectivity index (χ4v) is 3.65. The third-order valence-electron chi connectivity index (χ3n) is 5.27. The Labute approximate surface area is 156 Å². The van der Waals surface area contributed by atoms with Gasteiger partial charge in [0, 0.05) is 19.1 Å². The molecule has 0 radical (unpaired) electrons. The fraction of sp³-hybridized carbons (Fsp3) is 0.421. The van der Waals surface area contributed by atoms with E-state index in [1.165, 1.54) is 4.90 Å². The number of carbonyl (C=O) groups is 2. The number of carboxylic acid groups (broad SMARTS) is 1. The number of fused-ring (bicyclic) bond motifs is 1. The summed E-state index contributed by atoms with van der Waals surface area (Å²) < 4.78 is 7.22. The average molecular weight is 370 g/mol. The van der Waals surface area contributed by atoms with Crippen LogP contribution in [0.1, 0.15) is 29.8 Å². The molecule has 2 amide bonds. The average Bonchev–Trinajstić information content (AvgIpc) is 3.01. The zero-order valence-electron chi connectivity index (χ0n) is 15.1. The van der Waals surface area contributed by atoms with Gasteiger partial charge >= 0.3 is 12.2 Å². The van der Waals surface area contributed by atoms with E-state index in [0.29, 0.717) is 26.1 Å². The highest BCUT2D eigenvalue weighted by Gasteiger charge is 2.37. The molecule has 1 atom stereocenters. The molecule has 3 heterocycles. The SMILES string of the molecule is C[C@@H]1Cc2cnn(C3CN(C(=O)OCc4ccccc4)C3)c2CN1C(=O)O. The molecule has 1 N–H and O–H groups in total. The molecule has 0 spiro atoms. The predicted molar refractivity (Wildman–Crippen MR) is 96.2 cm³/mol. The van der Waals surface area contributed by atoms with Crippen LogP contribution < -0.4 is 0 Å². The van der Waals surface area contributed by atoms with Gasteiger partial charge in [-0.1, -0.05) is 30.3 Å². The van der Waals surface area contributed by atoms with Gasteiger partial charge in [-0.2, -0.15) is 5.10 Å². The van der Waals surface area contributed by atoms with E-state index in [-0.39, 0.29) is 24.8 Å². The van der Waals surface area contributed by atoms with Crippen molar-refractivity contribution in [3.05, 3.63) is 53.3 Å². The first-order valence-corrected chi connectivity index (χ1v) is 9.03. The summed E-state index contributed by atoms with van der Waals surface area (Å²) in [5, 5.41) is 13.8. The number of nitrogens with zero attached hydrogens (tertiary/aromatic N) is 4. The standard InChI is InChI=1S/C19H22N4O4/c1-13-7-15-8-20-23(17(15)11-22(13)18(24)25)16-9-21(10-16)19(26)27-12-14-5-3-2-4-6-14/h2-6,8,13,16H,7,9-12H2,1H3,(H,24,25)/t13-/m1/s1. The van der Waals surface area contributed by atoms with Crippen molar-refractivity contribution >= 4 is 12.2 Å². The Morgan fingerprint density at radius 2 is 2.00 bits per heavy atom. The van der Waals surface area contributed by atoms with E-state index in [4.69, 9.17) is 4.74 Å². The summed E-state index contributed by atoms with van der Waals surface area (Å²) >= 11 is 0. The number of hydrogen-bond donors (Lipinski definition) is 1. The van der Waals surface area contributed by atoms with Crippen LogP contribution in [-0.4, -0.2) is 56.0 Å². The number of carbonyl (C=O) groups excluding carboxylic acids is 1. The second kappa shape index (κ2) is 6.94. The molecule has 1 aromatic heterocycles. The molecule has 2 aliphatic heterocycles. The molecule has 0 saturated carbocycles. The second-order valence-electron chi connectivity index (χ2n) is 7.12. The predicted octanol–water partition coefficient (Wildman–Crippen LogP) is 2.50. The van der Waals surface area contributed by atoms with Crippen LogP contribution in [0.25, 0.3) is 0 Å². The lowest BCUT2D eigenvalue weighted by atomic mass is 10.0. The molecule has 2 aliphatic rings. The van der Waals surface area contributed by atoms with Crippen molar-refractivity contribution in [3.63, 3.8) is 0 Å². The van der Waals surface area contributed by atoms with Crippen molar-refractivity contribution < 1.29 is 19.4 Å². The highest BCUT2D eigenvalue weighted by Crippen LogP contribution is 2.29. The largest absolute Gasteiger partial charge is 0.465 e. The first kappa shape index (κ1) is 17.4. The molecule has 8 heteroatoms. The molecule has 0 bridgehead atoms. The Hall–Kier alpha value is -3.03. The third kappa shape index (κ3) is 3.34. The lowest BCUT2D eigenvalue weighted by Crippen LogP contribution is -2.52.